The van der Waals surface area contributed by atoms with Crippen molar-refractivity contribution in [3.05, 3.63) is 23.8 Å². The van der Waals surface area contributed by atoms with Gasteiger partial charge < -0.3 is 4.79 Å². The average Bonchev–Trinajstić information content (AvgIpc) is 2.44. The normalized spacial score (nSPS) is 34.9. The van der Waals surface area contributed by atoms with Crippen molar-refractivity contribution in [2.45, 2.75) is 65.7 Å². The Labute approximate surface area is 135 Å². The first-order chi connectivity index (χ1) is 10.3. The standard InChI is InChI=1S/C20H30O2/c1-15-6-9-18-19(2,3)11-5-12-20(18,4)17(15)8-7-16(14-22)10-13-21/h7,13-14,17-18H,1,5-6,8-12H2,2-4H3/b16-7+/t17-,18-,20+/m1/s1. The quantitative estimate of drug-likeness (QED) is 0.411. The first-order valence-corrected chi connectivity index (χ1v) is 8.60. The Bertz CT molecular complexity index is 486. The minimum atomic E-state index is 0.230. The highest BCUT2D eigenvalue weighted by Gasteiger charge is 2.52. The molecule has 2 fully saturated rings. The van der Waals surface area contributed by atoms with Gasteiger partial charge in [-0.3, -0.25) is 4.79 Å². The monoisotopic (exact) mass is 302 g/mol. The van der Waals surface area contributed by atoms with Crippen LogP contribution in [0.5, 0.6) is 0 Å². The molecule has 0 bridgehead atoms. The number of hydrogen-bond donors (Lipinski definition) is 0. The van der Waals surface area contributed by atoms with Crippen LogP contribution in [0, 0.1) is 22.7 Å². The average molecular weight is 302 g/mol. The van der Waals surface area contributed by atoms with Crippen LogP contribution in [-0.4, -0.2) is 12.6 Å². The Morgan fingerprint density at radius 1 is 1.27 bits per heavy atom. The Kier molecular flexibility index (Phi) is 5.09. The van der Waals surface area contributed by atoms with Gasteiger partial charge in [-0.05, 0) is 60.3 Å². The highest BCUT2D eigenvalue weighted by Crippen LogP contribution is 2.61. The minimum Gasteiger partial charge on any atom is -0.303 e. The fourth-order valence-corrected chi connectivity index (χ4v) is 5.25. The third-order valence-corrected chi connectivity index (χ3v) is 6.41. The summed E-state index contributed by atoms with van der Waals surface area (Å²) in [7, 11) is 0. The van der Waals surface area contributed by atoms with Gasteiger partial charge in [-0.25, -0.2) is 0 Å². The Balaban J connectivity index is 2.26. The molecule has 122 valence electrons. The van der Waals surface area contributed by atoms with Gasteiger partial charge in [0.05, 0.1) is 0 Å². The van der Waals surface area contributed by atoms with Crippen molar-refractivity contribution in [3.8, 4) is 0 Å². The van der Waals surface area contributed by atoms with E-state index in [0.717, 1.165) is 31.3 Å². The maximum atomic E-state index is 11.1. The highest BCUT2D eigenvalue weighted by atomic mass is 16.1. The molecule has 2 aliphatic carbocycles. The van der Waals surface area contributed by atoms with Gasteiger partial charge in [0.1, 0.15) is 12.6 Å². The second kappa shape index (κ2) is 6.52. The third-order valence-electron chi connectivity index (χ3n) is 6.41. The summed E-state index contributed by atoms with van der Waals surface area (Å²) < 4.78 is 0. The molecule has 2 aliphatic rings. The highest BCUT2D eigenvalue weighted by molar-refractivity contribution is 5.78. The topological polar surface area (TPSA) is 34.1 Å². The Hall–Kier alpha value is -1.18. The lowest BCUT2D eigenvalue weighted by Crippen LogP contribution is -2.49. The summed E-state index contributed by atoms with van der Waals surface area (Å²) in [5.41, 5.74) is 2.63. The van der Waals surface area contributed by atoms with E-state index in [-0.39, 0.29) is 11.8 Å². The van der Waals surface area contributed by atoms with Gasteiger partial charge in [-0.15, -0.1) is 0 Å². The summed E-state index contributed by atoms with van der Waals surface area (Å²) in [6.07, 6.45) is 10.9. The van der Waals surface area contributed by atoms with Gasteiger partial charge in [-0.1, -0.05) is 45.4 Å². The van der Waals surface area contributed by atoms with E-state index in [1.165, 1.54) is 31.3 Å². The first kappa shape index (κ1) is 17.2. The van der Waals surface area contributed by atoms with Gasteiger partial charge >= 0.3 is 0 Å². The number of hydrogen-bond acceptors (Lipinski definition) is 2. The second-order valence-corrected chi connectivity index (χ2v) is 8.15. The van der Waals surface area contributed by atoms with Gasteiger partial charge in [-0.2, -0.15) is 0 Å². The molecule has 2 nitrogen and oxygen atoms in total. The van der Waals surface area contributed by atoms with Crippen LogP contribution in [0.1, 0.15) is 65.7 Å². The van der Waals surface area contributed by atoms with E-state index < -0.39 is 0 Å². The molecule has 0 aromatic rings. The molecule has 0 aromatic carbocycles. The maximum absolute atomic E-state index is 11.1. The van der Waals surface area contributed by atoms with Crippen LogP contribution in [0.3, 0.4) is 0 Å². The van der Waals surface area contributed by atoms with E-state index in [1.54, 1.807) is 0 Å². The number of allylic oxidation sites excluding steroid dienone is 3. The van der Waals surface area contributed by atoms with E-state index in [2.05, 4.69) is 27.4 Å². The molecule has 0 heterocycles. The molecule has 0 N–H and O–H groups in total. The van der Waals surface area contributed by atoms with E-state index in [9.17, 15) is 9.59 Å². The van der Waals surface area contributed by atoms with Crippen molar-refractivity contribution in [2.75, 3.05) is 0 Å². The fraction of sp³-hybridized carbons (Fsp3) is 0.700. The molecule has 22 heavy (non-hydrogen) atoms. The molecule has 0 saturated heterocycles. The maximum Gasteiger partial charge on any atom is 0.146 e. The molecule has 2 heteroatoms. The van der Waals surface area contributed by atoms with Gasteiger partial charge in [0.25, 0.3) is 0 Å². The van der Waals surface area contributed by atoms with Crippen LogP contribution in [0.4, 0.5) is 0 Å². The number of carbonyl (C=O) groups excluding carboxylic acids is 2. The molecule has 2 rings (SSSR count). The van der Waals surface area contributed by atoms with Crippen molar-refractivity contribution in [2.24, 2.45) is 22.7 Å². The first-order valence-electron chi connectivity index (χ1n) is 8.60. The van der Waals surface area contributed by atoms with Crippen LogP contribution in [0.2, 0.25) is 0 Å². The van der Waals surface area contributed by atoms with Crippen LogP contribution in [0.25, 0.3) is 0 Å². The smallest absolute Gasteiger partial charge is 0.146 e. The van der Waals surface area contributed by atoms with Crippen molar-refractivity contribution in [1.29, 1.82) is 0 Å². The predicted octanol–water partition coefficient (Wildman–Crippen LogP) is 4.89. The number of aldehydes is 2. The molecule has 2 saturated carbocycles. The molecule has 0 aliphatic heterocycles. The fourth-order valence-electron chi connectivity index (χ4n) is 5.25. The van der Waals surface area contributed by atoms with Crippen molar-refractivity contribution in [1.82, 2.24) is 0 Å². The van der Waals surface area contributed by atoms with Crippen LogP contribution >= 0.6 is 0 Å². The molecular formula is C20H30O2. The molecular weight excluding hydrogens is 272 g/mol. The zero-order valence-electron chi connectivity index (χ0n) is 14.4. The van der Waals surface area contributed by atoms with E-state index in [4.69, 9.17) is 0 Å². The minimum absolute atomic E-state index is 0.230. The Morgan fingerprint density at radius 2 is 2.00 bits per heavy atom. The molecule has 0 amide bonds. The molecule has 0 radical (unpaired) electrons. The summed E-state index contributed by atoms with van der Waals surface area (Å²) in [5.74, 6) is 1.16. The number of fused-ring (bicyclic) bond motifs is 1. The van der Waals surface area contributed by atoms with E-state index in [1.807, 2.05) is 6.08 Å². The molecule has 0 unspecified atom stereocenters. The molecule has 0 aromatic heterocycles. The van der Waals surface area contributed by atoms with Crippen molar-refractivity contribution < 1.29 is 9.59 Å². The SMILES string of the molecule is C=C1CC[C@@H]2C(C)(C)CCC[C@@]2(C)[C@@H]1C/C=C(/C=O)CC=O. The second-order valence-electron chi connectivity index (χ2n) is 8.15. The third kappa shape index (κ3) is 3.11. The Morgan fingerprint density at radius 3 is 2.64 bits per heavy atom. The van der Waals surface area contributed by atoms with Crippen molar-refractivity contribution >= 4 is 12.6 Å². The number of rotatable bonds is 5. The van der Waals surface area contributed by atoms with Gasteiger partial charge in [0, 0.05) is 6.42 Å². The van der Waals surface area contributed by atoms with Crippen LogP contribution in [0.15, 0.2) is 23.8 Å². The lowest BCUT2D eigenvalue weighted by Gasteiger charge is -2.58. The van der Waals surface area contributed by atoms with Gasteiger partial charge in [0.2, 0.25) is 0 Å². The number of carbonyl (C=O) groups is 2. The summed E-state index contributed by atoms with van der Waals surface area (Å²) in [5, 5.41) is 0. The van der Waals surface area contributed by atoms with Gasteiger partial charge in [0.15, 0.2) is 0 Å². The summed E-state index contributed by atoms with van der Waals surface area (Å²) in [6, 6.07) is 0. The summed E-state index contributed by atoms with van der Waals surface area (Å²) in [4.78, 5) is 21.7. The van der Waals surface area contributed by atoms with Crippen molar-refractivity contribution in [3.63, 3.8) is 0 Å². The predicted molar refractivity (Wildman–Crippen MR) is 90.5 cm³/mol. The van der Waals surface area contributed by atoms with E-state index in [0.29, 0.717) is 16.9 Å². The lowest BCUT2D eigenvalue weighted by molar-refractivity contribution is -0.109. The summed E-state index contributed by atoms with van der Waals surface area (Å²) in [6.45, 7) is 11.6. The zero-order chi connectivity index (χ0) is 16.4. The lowest BCUT2D eigenvalue weighted by atomic mass is 9.47. The van der Waals surface area contributed by atoms with Crippen LogP contribution < -0.4 is 0 Å². The largest absolute Gasteiger partial charge is 0.303 e. The summed E-state index contributed by atoms with van der Waals surface area (Å²) >= 11 is 0. The molecule has 0 spiro atoms. The van der Waals surface area contributed by atoms with E-state index >= 15 is 0 Å². The zero-order valence-corrected chi connectivity index (χ0v) is 14.4. The van der Waals surface area contributed by atoms with Crippen LogP contribution in [-0.2, 0) is 9.59 Å². The molecule has 3 atom stereocenters.